The zero-order valence-electron chi connectivity index (χ0n) is 10.6. The second kappa shape index (κ2) is 6.06. The fourth-order valence-electron chi connectivity index (χ4n) is 2.03. The predicted molar refractivity (Wildman–Crippen MR) is 78.3 cm³/mol. The van der Waals surface area contributed by atoms with E-state index >= 15 is 0 Å². The number of hydrogen-bond acceptors (Lipinski definition) is 2. The van der Waals surface area contributed by atoms with E-state index in [2.05, 4.69) is 38.7 Å². The van der Waals surface area contributed by atoms with Crippen LogP contribution in [0.25, 0.3) is 0 Å². The Labute approximate surface area is 119 Å². The molecule has 1 aromatic rings. The molecule has 0 bridgehead atoms. The van der Waals surface area contributed by atoms with Gasteiger partial charge in [0.2, 0.25) is 0 Å². The number of anilines is 1. The molecule has 1 unspecified atom stereocenters. The topological polar surface area (TPSA) is 63.1 Å². The van der Waals surface area contributed by atoms with Crippen molar-refractivity contribution in [3.63, 3.8) is 0 Å². The number of rotatable bonds is 2. The molecule has 6 heteroatoms. The summed E-state index contributed by atoms with van der Waals surface area (Å²) >= 11 is 3.30. The zero-order chi connectivity index (χ0) is 13.8. The van der Waals surface area contributed by atoms with Crippen LogP contribution < -0.4 is 16.2 Å². The Morgan fingerprint density at radius 3 is 2.95 bits per heavy atom. The first-order chi connectivity index (χ1) is 9.06. The molecule has 5 nitrogen and oxygen atoms in total. The molecule has 0 fully saturated rings. The third-order valence-electron chi connectivity index (χ3n) is 3.00. The van der Waals surface area contributed by atoms with Crippen molar-refractivity contribution < 1.29 is 4.79 Å². The van der Waals surface area contributed by atoms with Gasteiger partial charge in [-0.1, -0.05) is 12.2 Å². The van der Waals surface area contributed by atoms with E-state index in [-0.39, 0.29) is 23.3 Å². The number of hydrogen-bond donors (Lipinski definition) is 2. The number of nitrogens with zero attached hydrogens (tertiary/aromatic N) is 1. The smallest absolute Gasteiger partial charge is 0.319 e. The fraction of sp³-hybridized carbons (Fsp3) is 0.385. The maximum atomic E-state index is 11.8. The summed E-state index contributed by atoms with van der Waals surface area (Å²) < 4.78 is 2.16. The van der Waals surface area contributed by atoms with Gasteiger partial charge in [0.1, 0.15) is 5.69 Å². The van der Waals surface area contributed by atoms with Gasteiger partial charge in [0.05, 0.1) is 0 Å². The molecule has 2 rings (SSSR count). The molecule has 0 radical (unpaired) electrons. The lowest BCUT2D eigenvalue weighted by molar-refractivity contribution is 0.247. The Morgan fingerprint density at radius 1 is 1.47 bits per heavy atom. The molecule has 2 amide bonds. The lowest BCUT2D eigenvalue weighted by Gasteiger charge is -2.19. The number of amides is 2. The fourth-order valence-corrected chi connectivity index (χ4v) is 2.56. The van der Waals surface area contributed by atoms with Crippen molar-refractivity contribution in [1.29, 1.82) is 0 Å². The average Bonchev–Trinajstić information content (AvgIpc) is 2.36. The van der Waals surface area contributed by atoms with Crippen molar-refractivity contribution in [3.8, 4) is 0 Å². The molecule has 102 valence electrons. The average molecular weight is 326 g/mol. The minimum Gasteiger partial charge on any atom is -0.335 e. The number of urea groups is 1. The van der Waals surface area contributed by atoms with Crippen LogP contribution in [0.3, 0.4) is 0 Å². The molecule has 1 aliphatic rings. The van der Waals surface area contributed by atoms with Gasteiger partial charge in [-0.25, -0.2) is 4.79 Å². The molecule has 1 heterocycles. The van der Waals surface area contributed by atoms with Crippen molar-refractivity contribution >= 4 is 27.6 Å². The van der Waals surface area contributed by atoms with E-state index < -0.39 is 0 Å². The second-order valence-corrected chi connectivity index (χ2v) is 5.48. The van der Waals surface area contributed by atoms with Crippen LogP contribution in [0, 0.1) is 0 Å². The van der Waals surface area contributed by atoms with Crippen LogP contribution in [0.4, 0.5) is 10.5 Å². The van der Waals surface area contributed by atoms with E-state index in [9.17, 15) is 9.59 Å². The van der Waals surface area contributed by atoms with Gasteiger partial charge < -0.3 is 15.2 Å². The number of aromatic nitrogens is 1. The van der Waals surface area contributed by atoms with Crippen LogP contribution in [0.2, 0.25) is 0 Å². The SMILES string of the molecule is Cn1cc(Br)cc(NC(=O)NC2CC=CCC2)c1=O. The Hall–Kier alpha value is -1.56. The normalized spacial score (nSPS) is 18.1. The molecule has 0 spiro atoms. The zero-order valence-corrected chi connectivity index (χ0v) is 12.2. The number of carbonyl (C=O) groups is 1. The molecule has 0 saturated heterocycles. The largest absolute Gasteiger partial charge is 0.335 e. The summed E-state index contributed by atoms with van der Waals surface area (Å²) in [5.74, 6) is 0. The van der Waals surface area contributed by atoms with Gasteiger partial charge in [0.25, 0.3) is 5.56 Å². The van der Waals surface area contributed by atoms with E-state index in [0.29, 0.717) is 0 Å². The van der Waals surface area contributed by atoms with Crippen molar-refractivity contribution in [2.45, 2.75) is 25.3 Å². The summed E-state index contributed by atoms with van der Waals surface area (Å²) in [7, 11) is 1.64. The van der Waals surface area contributed by atoms with Crippen LogP contribution in [0.15, 0.2) is 33.7 Å². The van der Waals surface area contributed by atoms with Gasteiger partial charge in [0, 0.05) is 23.8 Å². The van der Waals surface area contributed by atoms with E-state index in [1.807, 2.05) is 0 Å². The van der Waals surface area contributed by atoms with E-state index in [1.165, 1.54) is 4.57 Å². The van der Waals surface area contributed by atoms with E-state index in [1.54, 1.807) is 19.3 Å². The molecule has 1 aliphatic carbocycles. The van der Waals surface area contributed by atoms with Gasteiger partial charge in [0.15, 0.2) is 0 Å². The van der Waals surface area contributed by atoms with Crippen LogP contribution in [-0.4, -0.2) is 16.6 Å². The monoisotopic (exact) mass is 325 g/mol. The summed E-state index contributed by atoms with van der Waals surface area (Å²) in [5.41, 5.74) is 0.0302. The lowest BCUT2D eigenvalue weighted by atomic mass is 10.0. The summed E-state index contributed by atoms with van der Waals surface area (Å²) in [6.07, 6.45) is 8.57. The molecule has 19 heavy (non-hydrogen) atoms. The van der Waals surface area contributed by atoms with Gasteiger partial charge in [-0.3, -0.25) is 4.79 Å². The summed E-state index contributed by atoms with van der Waals surface area (Å²) in [4.78, 5) is 23.7. The third kappa shape index (κ3) is 3.70. The molecule has 1 aromatic heterocycles. The second-order valence-electron chi connectivity index (χ2n) is 4.57. The number of carbonyl (C=O) groups excluding carboxylic acids is 1. The first kappa shape index (κ1) is 13.9. The van der Waals surface area contributed by atoms with E-state index in [0.717, 1.165) is 23.7 Å². The third-order valence-corrected chi connectivity index (χ3v) is 3.44. The van der Waals surface area contributed by atoms with Crippen LogP contribution >= 0.6 is 15.9 Å². The quantitative estimate of drug-likeness (QED) is 0.820. The van der Waals surface area contributed by atoms with Crippen molar-refractivity contribution in [1.82, 2.24) is 9.88 Å². The van der Waals surface area contributed by atoms with Crippen molar-refractivity contribution in [2.75, 3.05) is 5.32 Å². The minimum absolute atomic E-state index is 0.140. The first-order valence-corrected chi connectivity index (χ1v) is 6.94. The molecule has 0 aliphatic heterocycles. The molecular formula is C13H16BrN3O2. The molecule has 0 aromatic carbocycles. The van der Waals surface area contributed by atoms with Crippen molar-refractivity contribution in [3.05, 3.63) is 39.2 Å². The van der Waals surface area contributed by atoms with Gasteiger partial charge in [-0.2, -0.15) is 0 Å². The summed E-state index contributed by atoms with van der Waals surface area (Å²) in [5, 5.41) is 5.47. The molecule has 0 saturated carbocycles. The van der Waals surface area contributed by atoms with Crippen LogP contribution in [0.1, 0.15) is 19.3 Å². The molecular weight excluding hydrogens is 310 g/mol. The number of nitrogens with one attached hydrogen (secondary N) is 2. The Kier molecular flexibility index (Phi) is 4.42. The summed E-state index contributed by atoms with van der Waals surface area (Å²) in [6, 6.07) is 1.40. The van der Waals surface area contributed by atoms with Gasteiger partial charge in [-0.15, -0.1) is 0 Å². The van der Waals surface area contributed by atoms with Gasteiger partial charge >= 0.3 is 6.03 Å². The number of pyridine rings is 1. The molecule has 1 atom stereocenters. The highest BCUT2D eigenvalue weighted by Crippen LogP contribution is 2.13. The number of halogens is 1. The Morgan fingerprint density at radius 2 is 2.26 bits per heavy atom. The number of allylic oxidation sites excluding steroid dienone is 1. The minimum atomic E-state index is -0.337. The highest BCUT2D eigenvalue weighted by atomic mass is 79.9. The Bertz CT molecular complexity index is 565. The highest BCUT2D eigenvalue weighted by Gasteiger charge is 2.14. The predicted octanol–water partition coefficient (Wildman–Crippen LogP) is 2.38. The van der Waals surface area contributed by atoms with Crippen LogP contribution in [0.5, 0.6) is 0 Å². The van der Waals surface area contributed by atoms with E-state index in [4.69, 9.17) is 0 Å². The first-order valence-electron chi connectivity index (χ1n) is 6.15. The highest BCUT2D eigenvalue weighted by molar-refractivity contribution is 9.10. The lowest BCUT2D eigenvalue weighted by Crippen LogP contribution is -2.39. The van der Waals surface area contributed by atoms with Crippen LogP contribution in [-0.2, 0) is 7.05 Å². The number of aryl methyl sites for hydroxylation is 1. The standard InChI is InChI=1S/C13H16BrN3O2/c1-17-8-9(14)7-11(12(17)18)16-13(19)15-10-5-3-2-4-6-10/h2-3,7-8,10H,4-6H2,1H3,(H2,15,16,19). The van der Waals surface area contributed by atoms with Gasteiger partial charge in [-0.05, 0) is 41.3 Å². The summed E-state index contributed by atoms with van der Waals surface area (Å²) in [6.45, 7) is 0. The Balaban J connectivity index is 2.02. The maximum Gasteiger partial charge on any atom is 0.319 e. The van der Waals surface area contributed by atoms with Crippen molar-refractivity contribution in [2.24, 2.45) is 7.05 Å². The molecule has 2 N–H and O–H groups in total. The maximum absolute atomic E-state index is 11.8.